The van der Waals surface area contributed by atoms with Gasteiger partial charge in [0.05, 0.1) is 0 Å². The number of ether oxygens (including phenoxy) is 1. The summed E-state index contributed by atoms with van der Waals surface area (Å²) < 4.78 is 5.39. The molecule has 0 spiro atoms. The number of nitrogens with zero attached hydrogens (tertiary/aromatic N) is 1. The highest BCUT2D eigenvalue weighted by Crippen LogP contribution is 2.22. The molecule has 1 amide bonds. The van der Waals surface area contributed by atoms with Gasteiger partial charge < -0.3 is 20.3 Å². The van der Waals surface area contributed by atoms with Crippen molar-refractivity contribution in [2.45, 2.75) is 83.0 Å². The molecular weight excluding hydrogens is 278 g/mol. The summed E-state index contributed by atoms with van der Waals surface area (Å²) in [6, 6.07) is 1.17. The molecule has 0 bridgehead atoms. The summed E-state index contributed by atoms with van der Waals surface area (Å²) in [5, 5.41) is 6.87. The van der Waals surface area contributed by atoms with Crippen LogP contribution in [0, 0.1) is 0 Å². The first-order chi connectivity index (χ1) is 10.3. The summed E-state index contributed by atoms with van der Waals surface area (Å²) in [6.45, 7) is 8.06. The molecule has 2 fully saturated rings. The van der Waals surface area contributed by atoms with E-state index in [1.165, 1.54) is 32.2 Å². The highest BCUT2D eigenvalue weighted by molar-refractivity contribution is 5.68. The zero-order valence-corrected chi connectivity index (χ0v) is 14.7. The van der Waals surface area contributed by atoms with Gasteiger partial charge in [-0.25, -0.2) is 4.79 Å². The number of rotatable bonds is 3. The van der Waals surface area contributed by atoms with E-state index in [2.05, 4.69) is 22.6 Å². The van der Waals surface area contributed by atoms with Crippen molar-refractivity contribution < 1.29 is 9.53 Å². The standard InChI is InChI=1S/C17H33N3O2/c1-17(2,3)22-16(21)19-15-9-5-8-14(15)18-13-7-6-11-20(4)12-10-13/h13-15,18H,5-12H2,1-4H3,(H,19,21). The molecule has 2 rings (SSSR count). The molecule has 0 aromatic rings. The minimum atomic E-state index is -0.433. The van der Waals surface area contributed by atoms with Crippen molar-refractivity contribution in [2.75, 3.05) is 20.1 Å². The van der Waals surface area contributed by atoms with Crippen LogP contribution in [-0.2, 0) is 4.74 Å². The topological polar surface area (TPSA) is 53.6 Å². The van der Waals surface area contributed by atoms with Crippen LogP contribution in [0.15, 0.2) is 0 Å². The number of likely N-dealkylation sites (tertiary alicyclic amines) is 1. The SMILES string of the molecule is CN1CCCC(NC2CCCC2NC(=O)OC(C)(C)C)CC1. The zero-order chi connectivity index (χ0) is 16.2. The molecule has 1 saturated heterocycles. The van der Waals surface area contributed by atoms with Crippen LogP contribution < -0.4 is 10.6 Å². The Bertz CT molecular complexity index is 367. The Morgan fingerprint density at radius 2 is 1.77 bits per heavy atom. The third-order valence-corrected chi connectivity index (χ3v) is 4.62. The average molecular weight is 311 g/mol. The fourth-order valence-electron chi connectivity index (χ4n) is 3.50. The van der Waals surface area contributed by atoms with Gasteiger partial charge in [-0.2, -0.15) is 0 Å². The highest BCUT2D eigenvalue weighted by Gasteiger charge is 2.31. The average Bonchev–Trinajstić information content (AvgIpc) is 2.69. The lowest BCUT2D eigenvalue weighted by molar-refractivity contribution is 0.0496. The van der Waals surface area contributed by atoms with Gasteiger partial charge in [-0.15, -0.1) is 0 Å². The van der Waals surface area contributed by atoms with Crippen molar-refractivity contribution >= 4 is 6.09 Å². The second kappa shape index (κ2) is 7.64. The first kappa shape index (κ1) is 17.5. The van der Waals surface area contributed by atoms with E-state index in [0.29, 0.717) is 12.1 Å². The summed E-state index contributed by atoms with van der Waals surface area (Å²) in [5.41, 5.74) is -0.433. The van der Waals surface area contributed by atoms with E-state index in [0.717, 1.165) is 19.4 Å². The van der Waals surface area contributed by atoms with Gasteiger partial charge in [0.15, 0.2) is 0 Å². The predicted octanol–water partition coefficient (Wildman–Crippen LogP) is 2.51. The molecule has 0 aromatic carbocycles. The van der Waals surface area contributed by atoms with Crippen molar-refractivity contribution in [3.05, 3.63) is 0 Å². The molecule has 2 aliphatic rings. The third-order valence-electron chi connectivity index (χ3n) is 4.62. The van der Waals surface area contributed by atoms with Gasteiger partial charge >= 0.3 is 6.09 Å². The maximum absolute atomic E-state index is 12.0. The normalized spacial score (nSPS) is 30.8. The lowest BCUT2D eigenvalue weighted by Crippen LogP contribution is -2.50. The van der Waals surface area contributed by atoms with Crippen molar-refractivity contribution in [1.29, 1.82) is 0 Å². The third kappa shape index (κ3) is 5.76. The first-order valence-corrected chi connectivity index (χ1v) is 8.77. The summed E-state index contributed by atoms with van der Waals surface area (Å²) in [6.07, 6.45) is 6.77. The Morgan fingerprint density at radius 3 is 2.50 bits per heavy atom. The molecule has 1 heterocycles. The molecular formula is C17H33N3O2. The molecule has 1 aliphatic heterocycles. The molecule has 0 radical (unpaired) electrons. The molecule has 1 saturated carbocycles. The van der Waals surface area contributed by atoms with Crippen LogP contribution in [0.2, 0.25) is 0 Å². The quantitative estimate of drug-likeness (QED) is 0.841. The molecule has 2 N–H and O–H groups in total. The fraction of sp³-hybridized carbons (Fsp3) is 0.941. The Balaban J connectivity index is 1.81. The molecule has 1 aliphatic carbocycles. The van der Waals surface area contributed by atoms with Gasteiger partial charge in [-0.1, -0.05) is 0 Å². The second-order valence-corrected chi connectivity index (χ2v) is 7.89. The molecule has 5 nitrogen and oxygen atoms in total. The lowest BCUT2D eigenvalue weighted by atomic mass is 10.1. The van der Waals surface area contributed by atoms with Crippen molar-refractivity contribution in [3.63, 3.8) is 0 Å². The molecule has 5 heteroatoms. The Morgan fingerprint density at radius 1 is 1.05 bits per heavy atom. The first-order valence-electron chi connectivity index (χ1n) is 8.77. The van der Waals surface area contributed by atoms with E-state index in [1.807, 2.05) is 20.8 Å². The molecule has 0 aromatic heterocycles. The van der Waals surface area contributed by atoms with Gasteiger partial charge in [0.2, 0.25) is 0 Å². The number of hydrogen-bond donors (Lipinski definition) is 2. The van der Waals surface area contributed by atoms with E-state index in [1.54, 1.807) is 0 Å². The maximum Gasteiger partial charge on any atom is 0.407 e. The number of carbonyl (C=O) groups is 1. The van der Waals surface area contributed by atoms with E-state index >= 15 is 0 Å². The van der Waals surface area contributed by atoms with Crippen LogP contribution in [0.4, 0.5) is 4.79 Å². The summed E-state index contributed by atoms with van der Waals surface area (Å²) >= 11 is 0. The van der Waals surface area contributed by atoms with Crippen LogP contribution in [0.1, 0.15) is 59.3 Å². The molecule has 3 unspecified atom stereocenters. The lowest BCUT2D eigenvalue weighted by Gasteiger charge is -2.28. The largest absolute Gasteiger partial charge is 0.444 e. The maximum atomic E-state index is 12.0. The van der Waals surface area contributed by atoms with Crippen molar-refractivity contribution in [3.8, 4) is 0 Å². The second-order valence-electron chi connectivity index (χ2n) is 7.89. The number of carbonyl (C=O) groups excluding carboxylic acids is 1. The van der Waals surface area contributed by atoms with Gasteiger partial charge in [0.25, 0.3) is 0 Å². The van der Waals surface area contributed by atoms with Crippen LogP contribution >= 0.6 is 0 Å². The van der Waals surface area contributed by atoms with E-state index in [9.17, 15) is 4.79 Å². The predicted molar refractivity (Wildman–Crippen MR) is 89.1 cm³/mol. The smallest absolute Gasteiger partial charge is 0.407 e. The molecule has 128 valence electrons. The van der Waals surface area contributed by atoms with Gasteiger partial charge in [0, 0.05) is 18.1 Å². The summed E-state index contributed by atoms with van der Waals surface area (Å²) in [4.78, 5) is 14.4. The van der Waals surface area contributed by atoms with Crippen LogP contribution in [0.5, 0.6) is 0 Å². The molecule has 3 atom stereocenters. The monoisotopic (exact) mass is 311 g/mol. The number of hydrogen-bond acceptors (Lipinski definition) is 4. The minimum absolute atomic E-state index is 0.204. The van der Waals surface area contributed by atoms with Gasteiger partial charge in [-0.05, 0) is 79.4 Å². The Hall–Kier alpha value is -0.810. The van der Waals surface area contributed by atoms with Crippen LogP contribution in [-0.4, -0.2) is 54.9 Å². The highest BCUT2D eigenvalue weighted by atomic mass is 16.6. The Kier molecular flexibility index (Phi) is 6.09. The van der Waals surface area contributed by atoms with Gasteiger partial charge in [-0.3, -0.25) is 0 Å². The van der Waals surface area contributed by atoms with E-state index in [4.69, 9.17) is 4.74 Å². The summed E-state index contributed by atoms with van der Waals surface area (Å²) in [5.74, 6) is 0. The van der Waals surface area contributed by atoms with Crippen molar-refractivity contribution in [1.82, 2.24) is 15.5 Å². The van der Waals surface area contributed by atoms with Crippen LogP contribution in [0.25, 0.3) is 0 Å². The fourth-order valence-corrected chi connectivity index (χ4v) is 3.50. The van der Waals surface area contributed by atoms with Crippen LogP contribution in [0.3, 0.4) is 0 Å². The minimum Gasteiger partial charge on any atom is -0.444 e. The Labute approximate surface area is 135 Å². The van der Waals surface area contributed by atoms with E-state index < -0.39 is 5.60 Å². The number of nitrogens with one attached hydrogen (secondary N) is 2. The number of alkyl carbamates (subject to hydrolysis) is 1. The summed E-state index contributed by atoms with van der Waals surface area (Å²) in [7, 11) is 2.20. The number of amides is 1. The van der Waals surface area contributed by atoms with E-state index in [-0.39, 0.29) is 12.1 Å². The van der Waals surface area contributed by atoms with Gasteiger partial charge in [0.1, 0.15) is 5.60 Å². The molecule has 22 heavy (non-hydrogen) atoms. The van der Waals surface area contributed by atoms with Crippen molar-refractivity contribution in [2.24, 2.45) is 0 Å². The zero-order valence-electron chi connectivity index (χ0n) is 14.7.